The van der Waals surface area contributed by atoms with Crippen molar-refractivity contribution in [2.24, 2.45) is 5.73 Å². The Bertz CT molecular complexity index is 1130. The van der Waals surface area contributed by atoms with E-state index in [0.717, 1.165) is 37.8 Å². The van der Waals surface area contributed by atoms with Crippen LogP contribution in [0.5, 0.6) is 0 Å². The molecule has 2 aromatic heterocycles. The second kappa shape index (κ2) is 9.26. The van der Waals surface area contributed by atoms with E-state index in [-0.39, 0.29) is 17.0 Å². The van der Waals surface area contributed by atoms with Gasteiger partial charge in [-0.15, -0.1) is 0 Å². The zero-order valence-electron chi connectivity index (χ0n) is 17.7. The van der Waals surface area contributed by atoms with Gasteiger partial charge in [0.1, 0.15) is 11.2 Å². The predicted molar refractivity (Wildman–Crippen MR) is 122 cm³/mol. The van der Waals surface area contributed by atoms with Crippen molar-refractivity contribution in [2.75, 3.05) is 18.9 Å². The molecule has 8 heteroatoms. The number of carbonyl (C=O) groups excluding carboxylic acids is 1. The van der Waals surface area contributed by atoms with Crippen LogP contribution in [0, 0.1) is 0 Å². The van der Waals surface area contributed by atoms with Crippen LogP contribution in [0.4, 0.5) is 11.6 Å². The van der Waals surface area contributed by atoms with Gasteiger partial charge in [0, 0.05) is 31.2 Å². The highest BCUT2D eigenvalue weighted by Crippen LogP contribution is 2.30. The maximum Gasteiger partial charge on any atom is 0.256 e. The average Bonchev–Trinajstić information content (AvgIpc) is 2.81. The van der Waals surface area contributed by atoms with Crippen molar-refractivity contribution in [2.45, 2.75) is 44.6 Å². The normalized spacial score (nSPS) is 14.5. The highest BCUT2D eigenvalue weighted by Gasteiger charge is 2.22. The number of pyridine rings is 1. The summed E-state index contributed by atoms with van der Waals surface area (Å²) in [5, 5.41) is 6.13. The minimum atomic E-state index is -0.392. The van der Waals surface area contributed by atoms with Crippen molar-refractivity contribution in [1.82, 2.24) is 19.9 Å². The van der Waals surface area contributed by atoms with Crippen LogP contribution in [0.25, 0.3) is 11.0 Å². The molecule has 0 saturated heterocycles. The van der Waals surface area contributed by atoms with Gasteiger partial charge in [0.25, 0.3) is 5.91 Å². The molecule has 31 heavy (non-hydrogen) atoms. The number of amides is 1. The summed E-state index contributed by atoms with van der Waals surface area (Å²) >= 11 is 0. The summed E-state index contributed by atoms with van der Waals surface area (Å²) in [4.78, 5) is 34.3. The number of hydrogen-bond donors (Lipinski definition) is 3. The first-order valence-electron chi connectivity index (χ1n) is 10.8. The number of fused-ring (bicyclic) bond motifs is 1. The van der Waals surface area contributed by atoms with Crippen LogP contribution in [-0.2, 0) is 6.42 Å². The Kier molecular flexibility index (Phi) is 6.27. The highest BCUT2D eigenvalue weighted by molar-refractivity contribution is 5.96. The number of anilines is 2. The molecule has 0 atom stereocenters. The van der Waals surface area contributed by atoms with Crippen LogP contribution in [-0.4, -0.2) is 34.0 Å². The fourth-order valence-electron chi connectivity index (χ4n) is 4.18. The molecule has 3 aromatic rings. The van der Waals surface area contributed by atoms with Gasteiger partial charge in [-0.1, -0.05) is 31.4 Å². The van der Waals surface area contributed by atoms with Gasteiger partial charge in [-0.3, -0.25) is 9.59 Å². The molecule has 1 aliphatic carbocycles. The Morgan fingerprint density at radius 3 is 2.61 bits per heavy atom. The van der Waals surface area contributed by atoms with Gasteiger partial charge in [0.2, 0.25) is 11.4 Å². The molecular formula is C23H28N6O2. The van der Waals surface area contributed by atoms with Crippen LogP contribution in [0.15, 0.2) is 41.5 Å². The van der Waals surface area contributed by atoms with E-state index in [1.807, 2.05) is 28.8 Å². The first-order valence-corrected chi connectivity index (χ1v) is 10.8. The number of carbonyl (C=O) groups is 1. The SMILES string of the molecule is CNC(=O)c1cn(C2CCCCC2)c2nc(Nc3ccc(CCN)cc3)ncc2c1=O. The summed E-state index contributed by atoms with van der Waals surface area (Å²) in [7, 11) is 1.53. The highest BCUT2D eigenvalue weighted by atomic mass is 16.2. The largest absolute Gasteiger partial charge is 0.355 e. The number of hydrogen-bond acceptors (Lipinski definition) is 6. The third kappa shape index (κ3) is 4.44. The lowest BCUT2D eigenvalue weighted by Crippen LogP contribution is -2.28. The van der Waals surface area contributed by atoms with E-state index >= 15 is 0 Å². The van der Waals surface area contributed by atoms with Crippen LogP contribution < -0.4 is 21.8 Å². The maximum absolute atomic E-state index is 12.9. The summed E-state index contributed by atoms with van der Waals surface area (Å²) in [6, 6.07) is 8.16. The number of rotatable bonds is 6. The van der Waals surface area contributed by atoms with Gasteiger partial charge in [0.05, 0.1) is 5.39 Å². The molecule has 1 aromatic carbocycles. The van der Waals surface area contributed by atoms with Crippen molar-refractivity contribution in [3.05, 3.63) is 58.0 Å². The smallest absolute Gasteiger partial charge is 0.256 e. The molecule has 162 valence electrons. The molecule has 8 nitrogen and oxygen atoms in total. The van der Waals surface area contributed by atoms with Crippen molar-refractivity contribution >= 4 is 28.6 Å². The molecule has 1 fully saturated rings. The van der Waals surface area contributed by atoms with E-state index in [9.17, 15) is 9.59 Å². The third-order valence-corrected chi connectivity index (χ3v) is 5.85. The minimum absolute atomic E-state index is 0.125. The molecule has 0 unspecified atom stereocenters. The van der Waals surface area contributed by atoms with Crippen molar-refractivity contribution in [1.29, 1.82) is 0 Å². The number of benzene rings is 1. The topological polar surface area (TPSA) is 115 Å². The predicted octanol–water partition coefficient (Wildman–Crippen LogP) is 2.90. The molecule has 0 radical (unpaired) electrons. The van der Waals surface area contributed by atoms with Gasteiger partial charge in [0.15, 0.2) is 0 Å². The Labute approximate surface area is 180 Å². The van der Waals surface area contributed by atoms with Gasteiger partial charge in [-0.05, 0) is 43.5 Å². The van der Waals surface area contributed by atoms with Crippen LogP contribution >= 0.6 is 0 Å². The van der Waals surface area contributed by atoms with E-state index in [4.69, 9.17) is 5.73 Å². The molecule has 1 aliphatic rings. The summed E-state index contributed by atoms with van der Waals surface area (Å²) < 4.78 is 2.00. The summed E-state index contributed by atoms with van der Waals surface area (Å²) in [6.07, 6.45) is 9.46. The lowest BCUT2D eigenvalue weighted by molar-refractivity contribution is 0.0961. The number of nitrogens with one attached hydrogen (secondary N) is 2. The summed E-state index contributed by atoms with van der Waals surface area (Å²) in [6.45, 7) is 0.608. The van der Waals surface area contributed by atoms with E-state index in [1.165, 1.54) is 25.2 Å². The van der Waals surface area contributed by atoms with Gasteiger partial charge in [-0.25, -0.2) is 4.98 Å². The molecule has 0 aliphatic heterocycles. The first-order chi connectivity index (χ1) is 15.1. The summed E-state index contributed by atoms with van der Waals surface area (Å²) in [5.74, 6) is 0.0203. The quantitative estimate of drug-likeness (QED) is 0.565. The lowest BCUT2D eigenvalue weighted by Gasteiger charge is -2.26. The second-order valence-corrected chi connectivity index (χ2v) is 7.94. The van der Waals surface area contributed by atoms with E-state index < -0.39 is 5.91 Å². The fraction of sp³-hybridized carbons (Fsp3) is 0.391. The van der Waals surface area contributed by atoms with Crippen LogP contribution in [0.3, 0.4) is 0 Å². The molecule has 1 saturated carbocycles. The zero-order chi connectivity index (χ0) is 21.8. The van der Waals surface area contributed by atoms with Crippen molar-refractivity contribution in [3.63, 3.8) is 0 Å². The first kappa shape index (κ1) is 21.0. The van der Waals surface area contributed by atoms with Crippen LogP contribution in [0.2, 0.25) is 0 Å². The molecule has 2 heterocycles. The van der Waals surface area contributed by atoms with Gasteiger partial charge >= 0.3 is 0 Å². The Hall–Kier alpha value is -3.26. The Morgan fingerprint density at radius 1 is 1.19 bits per heavy atom. The monoisotopic (exact) mass is 420 g/mol. The average molecular weight is 421 g/mol. The van der Waals surface area contributed by atoms with Crippen LogP contribution in [0.1, 0.15) is 54.1 Å². The maximum atomic E-state index is 12.9. The molecule has 1 amide bonds. The molecule has 4 N–H and O–H groups in total. The standard InChI is InChI=1S/C23H28N6O2/c1-25-22(31)19-14-29(17-5-3-2-4-6-17)21-18(20(19)30)13-26-23(28-21)27-16-9-7-15(8-10-16)11-12-24/h7-10,13-14,17H,2-6,11-12,24H2,1H3,(H,25,31)(H,26,27,28). The molecule has 4 rings (SSSR count). The number of aromatic nitrogens is 3. The van der Waals surface area contributed by atoms with E-state index in [2.05, 4.69) is 20.6 Å². The lowest BCUT2D eigenvalue weighted by atomic mass is 9.95. The minimum Gasteiger partial charge on any atom is -0.355 e. The molecule has 0 spiro atoms. The number of nitrogens with two attached hydrogens (primary N) is 1. The Balaban J connectivity index is 1.76. The third-order valence-electron chi connectivity index (χ3n) is 5.85. The molecular weight excluding hydrogens is 392 g/mol. The number of nitrogens with zero attached hydrogens (tertiary/aromatic N) is 3. The second-order valence-electron chi connectivity index (χ2n) is 7.94. The summed E-state index contributed by atoms with van der Waals surface area (Å²) in [5.41, 5.74) is 7.97. The van der Waals surface area contributed by atoms with Crippen molar-refractivity contribution in [3.8, 4) is 0 Å². The molecule has 0 bridgehead atoms. The van der Waals surface area contributed by atoms with E-state index in [0.29, 0.717) is 23.5 Å². The Morgan fingerprint density at radius 2 is 1.94 bits per heavy atom. The zero-order valence-corrected chi connectivity index (χ0v) is 17.7. The van der Waals surface area contributed by atoms with Crippen molar-refractivity contribution < 1.29 is 4.79 Å². The van der Waals surface area contributed by atoms with Gasteiger partial charge < -0.3 is 20.9 Å². The van der Waals surface area contributed by atoms with E-state index in [1.54, 1.807) is 6.20 Å². The fourth-order valence-corrected chi connectivity index (χ4v) is 4.18. The van der Waals surface area contributed by atoms with Gasteiger partial charge in [-0.2, -0.15) is 4.98 Å².